The molecule has 0 saturated heterocycles. The van der Waals surface area contributed by atoms with Gasteiger partial charge in [0.15, 0.2) is 0 Å². The summed E-state index contributed by atoms with van der Waals surface area (Å²) in [5.74, 6) is 0.436. The number of unbranched alkanes of at least 4 members (excludes halogenated alkanes) is 16. The minimum absolute atomic E-state index is 0.436. The second-order valence-corrected chi connectivity index (χ2v) is 13.7. The van der Waals surface area contributed by atoms with Gasteiger partial charge in [0.05, 0.1) is 5.41 Å². The van der Waals surface area contributed by atoms with E-state index in [0.717, 1.165) is 28.2 Å². The van der Waals surface area contributed by atoms with Crippen LogP contribution in [0, 0.1) is 0 Å². The van der Waals surface area contributed by atoms with Crippen molar-refractivity contribution in [1.82, 2.24) is 0 Å². The normalized spacial score (nSPS) is 15.9. The molecule has 1 aliphatic carbocycles. The molecule has 39 heavy (non-hydrogen) atoms. The van der Waals surface area contributed by atoms with Gasteiger partial charge in [-0.1, -0.05) is 167 Å². The number of fused-ring (bicyclic) bond motifs is 3. The Kier molecular flexibility index (Phi) is 14.9. The van der Waals surface area contributed by atoms with Crippen molar-refractivity contribution in [2.75, 3.05) is 0 Å². The largest absolute Gasteiger partial charge is 0.298 e. The maximum atomic E-state index is 14.3. The van der Waals surface area contributed by atoms with Crippen molar-refractivity contribution in [3.05, 3.63) is 56.5 Å². The third-order valence-corrected chi connectivity index (χ3v) is 9.80. The van der Waals surface area contributed by atoms with E-state index in [-0.39, 0.29) is 0 Å². The Hall–Kier alpha value is -0.930. The molecule has 1 nitrogen and oxygen atoms in total. The summed E-state index contributed by atoms with van der Waals surface area (Å²) < 4.78 is 2.15. The molecule has 3 rings (SSSR count). The van der Waals surface area contributed by atoms with E-state index in [0.29, 0.717) is 12.2 Å². The Labute approximate surface area is 256 Å². The minimum Gasteiger partial charge on any atom is -0.298 e. The molecule has 1 unspecified atom stereocenters. The van der Waals surface area contributed by atoms with Crippen molar-refractivity contribution >= 4 is 37.6 Å². The number of halogens is 2. The molecule has 3 heteroatoms. The van der Waals surface area contributed by atoms with E-state index in [4.69, 9.17) is 0 Å². The van der Waals surface area contributed by atoms with Crippen LogP contribution in [-0.4, -0.2) is 5.78 Å². The lowest BCUT2D eigenvalue weighted by molar-refractivity contribution is -0.123. The Morgan fingerprint density at radius 3 is 1.64 bits per heavy atom. The van der Waals surface area contributed by atoms with Gasteiger partial charge >= 0.3 is 0 Å². The molecule has 1 aliphatic rings. The monoisotopic (exact) mass is 658 g/mol. The molecule has 0 radical (unpaired) electrons. The summed E-state index contributed by atoms with van der Waals surface area (Å²) in [6.45, 7) is 4.56. The summed E-state index contributed by atoms with van der Waals surface area (Å²) in [6.07, 6.45) is 24.9. The van der Waals surface area contributed by atoms with Gasteiger partial charge in [-0.2, -0.15) is 0 Å². The quantitative estimate of drug-likeness (QED) is 0.122. The zero-order valence-electron chi connectivity index (χ0n) is 24.8. The summed E-state index contributed by atoms with van der Waals surface area (Å²) in [6, 6.07) is 13.2. The number of hydrogen-bond donors (Lipinski definition) is 0. The van der Waals surface area contributed by atoms with Crippen molar-refractivity contribution in [3.8, 4) is 11.1 Å². The molecule has 0 bridgehead atoms. The predicted molar refractivity (Wildman–Crippen MR) is 177 cm³/mol. The van der Waals surface area contributed by atoms with Crippen LogP contribution in [0.15, 0.2) is 45.3 Å². The van der Waals surface area contributed by atoms with Gasteiger partial charge in [-0.25, -0.2) is 0 Å². The maximum absolute atomic E-state index is 14.3. The lowest BCUT2D eigenvalue weighted by Crippen LogP contribution is -2.35. The van der Waals surface area contributed by atoms with Crippen molar-refractivity contribution in [2.45, 2.75) is 148 Å². The fourth-order valence-electron chi connectivity index (χ4n) is 6.58. The summed E-state index contributed by atoms with van der Waals surface area (Å²) in [5, 5.41) is 0. The first-order valence-electron chi connectivity index (χ1n) is 16.2. The summed E-state index contributed by atoms with van der Waals surface area (Å²) in [4.78, 5) is 14.3. The fraction of sp³-hybridized carbons (Fsp3) is 0.639. The summed E-state index contributed by atoms with van der Waals surface area (Å²) in [5.41, 5.74) is 4.44. The van der Waals surface area contributed by atoms with Crippen molar-refractivity contribution in [3.63, 3.8) is 0 Å². The van der Waals surface area contributed by atoms with Crippen LogP contribution in [0.4, 0.5) is 0 Å². The molecule has 1 atom stereocenters. The molecule has 0 N–H and O–H groups in total. The van der Waals surface area contributed by atoms with E-state index >= 15 is 0 Å². The number of ketones is 1. The van der Waals surface area contributed by atoms with Crippen LogP contribution in [0.25, 0.3) is 11.1 Å². The smallest absolute Gasteiger partial charge is 0.147 e. The van der Waals surface area contributed by atoms with Crippen molar-refractivity contribution in [2.24, 2.45) is 0 Å². The van der Waals surface area contributed by atoms with E-state index in [1.165, 1.54) is 125 Å². The van der Waals surface area contributed by atoms with Crippen LogP contribution in [0.2, 0.25) is 0 Å². The van der Waals surface area contributed by atoms with E-state index in [1.54, 1.807) is 0 Å². The van der Waals surface area contributed by atoms with Crippen LogP contribution < -0.4 is 0 Å². The lowest BCUT2D eigenvalue weighted by Gasteiger charge is -2.31. The molecule has 216 valence electrons. The molecule has 0 fully saturated rings. The molecule has 0 spiro atoms. The Bertz CT molecular complexity index is 1010. The first-order chi connectivity index (χ1) is 19.0. The number of hydrogen-bond acceptors (Lipinski definition) is 1. The van der Waals surface area contributed by atoms with E-state index in [2.05, 4.69) is 82.1 Å². The molecule has 0 heterocycles. The number of carbonyl (C=O) groups is 1. The van der Waals surface area contributed by atoms with Gasteiger partial charge < -0.3 is 0 Å². The van der Waals surface area contributed by atoms with Crippen LogP contribution >= 0.6 is 31.9 Å². The van der Waals surface area contributed by atoms with Gasteiger partial charge in [0.25, 0.3) is 0 Å². The van der Waals surface area contributed by atoms with Crippen molar-refractivity contribution in [1.29, 1.82) is 0 Å². The highest BCUT2D eigenvalue weighted by molar-refractivity contribution is 9.10. The number of carbonyl (C=O) groups excluding carboxylic acids is 1. The number of Topliss-reactive ketones (excluding diaryl/α,β-unsaturated/α-hetero) is 1. The molecule has 2 aromatic carbocycles. The maximum Gasteiger partial charge on any atom is 0.147 e. The lowest BCUT2D eigenvalue weighted by atomic mass is 9.69. The van der Waals surface area contributed by atoms with Crippen LogP contribution in [0.5, 0.6) is 0 Å². The first kappa shape index (κ1) is 32.6. The van der Waals surface area contributed by atoms with Gasteiger partial charge in [0.2, 0.25) is 0 Å². The Balaban J connectivity index is 1.67. The standard InChI is InChI=1S/C36H52Br2O/c1-3-5-7-9-11-13-15-17-19-21-35(39)36(26-20-18-16-14-12-10-8-6-4-2)33-25-23-29(37)27-32(33)31-24-22-30(38)28-34(31)36/h22-25,27-28H,3-21,26H2,1-2H3. The molecule has 0 saturated carbocycles. The van der Waals surface area contributed by atoms with Crippen LogP contribution in [0.3, 0.4) is 0 Å². The van der Waals surface area contributed by atoms with Crippen molar-refractivity contribution < 1.29 is 4.79 Å². The second kappa shape index (κ2) is 17.8. The van der Waals surface area contributed by atoms with Crippen LogP contribution in [-0.2, 0) is 10.2 Å². The van der Waals surface area contributed by atoms with Gasteiger partial charge in [-0.05, 0) is 59.4 Å². The summed E-state index contributed by atoms with van der Waals surface area (Å²) >= 11 is 7.44. The average molecular weight is 661 g/mol. The number of rotatable bonds is 21. The van der Waals surface area contributed by atoms with Crippen LogP contribution in [0.1, 0.15) is 153 Å². The van der Waals surface area contributed by atoms with Gasteiger partial charge in [-0.15, -0.1) is 0 Å². The first-order valence-corrected chi connectivity index (χ1v) is 17.8. The van der Waals surface area contributed by atoms with E-state index < -0.39 is 5.41 Å². The second-order valence-electron chi connectivity index (χ2n) is 11.9. The molecule has 0 aromatic heterocycles. The Morgan fingerprint density at radius 2 is 1.05 bits per heavy atom. The zero-order chi connectivity index (χ0) is 27.9. The highest BCUT2D eigenvalue weighted by Gasteiger charge is 2.47. The fourth-order valence-corrected chi connectivity index (χ4v) is 7.30. The van der Waals surface area contributed by atoms with Gasteiger partial charge in [0.1, 0.15) is 5.78 Å². The molecular formula is C36H52Br2O. The van der Waals surface area contributed by atoms with E-state index in [9.17, 15) is 4.79 Å². The van der Waals surface area contributed by atoms with Gasteiger partial charge in [-0.3, -0.25) is 4.79 Å². The predicted octanol–water partition coefficient (Wildman–Crippen LogP) is 12.9. The van der Waals surface area contributed by atoms with Gasteiger partial charge in [0, 0.05) is 15.4 Å². The molecule has 0 aliphatic heterocycles. The highest BCUT2D eigenvalue weighted by atomic mass is 79.9. The zero-order valence-corrected chi connectivity index (χ0v) is 27.9. The SMILES string of the molecule is CCCCCCCCCCCC(=O)C1(CCCCCCCCCCC)c2ccc(Br)cc2-c2ccc(Br)cc21. The summed E-state index contributed by atoms with van der Waals surface area (Å²) in [7, 11) is 0. The minimum atomic E-state index is -0.504. The molecular weight excluding hydrogens is 608 g/mol. The third kappa shape index (κ3) is 9.29. The average Bonchev–Trinajstić information content (AvgIpc) is 3.20. The molecule has 0 amide bonds. The highest BCUT2D eigenvalue weighted by Crippen LogP contribution is 2.54. The molecule has 2 aromatic rings. The third-order valence-electron chi connectivity index (χ3n) is 8.81. The topological polar surface area (TPSA) is 17.1 Å². The Morgan fingerprint density at radius 1 is 0.564 bits per heavy atom. The number of benzene rings is 2. The van der Waals surface area contributed by atoms with E-state index in [1.807, 2.05) is 0 Å².